The van der Waals surface area contributed by atoms with Crippen molar-refractivity contribution in [1.29, 1.82) is 0 Å². The van der Waals surface area contributed by atoms with Crippen molar-refractivity contribution in [3.63, 3.8) is 0 Å². The molecule has 1 amide bonds. The van der Waals surface area contributed by atoms with E-state index in [0.29, 0.717) is 17.6 Å². The van der Waals surface area contributed by atoms with Gasteiger partial charge in [-0.25, -0.2) is 9.97 Å². The molecule has 1 fully saturated rings. The quantitative estimate of drug-likeness (QED) is 0.633. The fourth-order valence-electron chi connectivity index (χ4n) is 3.83. The highest BCUT2D eigenvalue weighted by molar-refractivity contribution is 6.04. The Hall–Kier alpha value is -3.45. The number of nitrogens with zero attached hydrogens (tertiary/aromatic N) is 4. The maximum atomic E-state index is 12.7. The number of hydrogen-bond acceptors (Lipinski definition) is 6. The summed E-state index contributed by atoms with van der Waals surface area (Å²) in [5.74, 6) is 0.336. The van der Waals surface area contributed by atoms with Crippen molar-refractivity contribution >= 4 is 28.9 Å². The topological polar surface area (TPSA) is 73.4 Å². The molecule has 7 nitrogen and oxygen atoms in total. The first kappa shape index (κ1) is 20.8. The Kier molecular flexibility index (Phi) is 6.43. The van der Waals surface area contributed by atoms with E-state index in [1.807, 2.05) is 24.3 Å². The van der Waals surface area contributed by atoms with E-state index in [2.05, 4.69) is 56.6 Å². The van der Waals surface area contributed by atoms with Crippen molar-refractivity contribution in [2.75, 3.05) is 42.7 Å². The highest BCUT2D eigenvalue weighted by Crippen LogP contribution is 2.24. The molecule has 0 unspecified atom stereocenters. The zero-order valence-electron chi connectivity index (χ0n) is 18.0. The minimum absolute atomic E-state index is 0.155. The van der Waals surface area contributed by atoms with Gasteiger partial charge in [0.1, 0.15) is 0 Å². The first-order chi connectivity index (χ1) is 15.1. The van der Waals surface area contributed by atoms with E-state index in [4.69, 9.17) is 0 Å². The molecule has 4 rings (SSSR count). The van der Waals surface area contributed by atoms with Gasteiger partial charge in [0.15, 0.2) is 0 Å². The van der Waals surface area contributed by atoms with Gasteiger partial charge in [-0.1, -0.05) is 6.07 Å². The smallest absolute Gasteiger partial charge is 0.255 e. The summed E-state index contributed by atoms with van der Waals surface area (Å²) in [5.41, 5.74) is 3.30. The molecule has 0 radical (unpaired) electrons. The van der Waals surface area contributed by atoms with E-state index < -0.39 is 0 Å². The lowest BCUT2D eigenvalue weighted by molar-refractivity contribution is 0.102. The highest BCUT2D eigenvalue weighted by Gasteiger charge is 2.20. The van der Waals surface area contributed by atoms with Crippen LogP contribution in [0.1, 0.15) is 23.2 Å². The van der Waals surface area contributed by atoms with E-state index in [9.17, 15) is 4.79 Å². The first-order valence-corrected chi connectivity index (χ1v) is 10.6. The zero-order valence-corrected chi connectivity index (χ0v) is 18.0. The molecule has 1 aromatic heterocycles. The molecule has 3 aromatic rings. The summed E-state index contributed by atoms with van der Waals surface area (Å²) in [6.45, 7) is 2.11. The number of benzene rings is 2. The van der Waals surface area contributed by atoms with Gasteiger partial charge in [-0.3, -0.25) is 4.79 Å². The molecule has 2 heterocycles. The Bertz CT molecular complexity index is 998. The molecule has 0 bridgehead atoms. The van der Waals surface area contributed by atoms with E-state index in [1.165, 1.54) is 18.5 Å². The van der Waals surface area contributed by atoms with Gasteiger partial charge in [-0.15, -0.1) is 0 Å². The number of carbonyl (C=O) groups excluding carboxylic acids is 1. The Morgan fingerprint density at radius 3 is 2.35 bits per heavy atom. The number of anilines is 4. The molecule has 2 N–H and O–H groups in total. The molecule has 2 aromatic carbocycles. The highest BCUT2D eigenvalue weighted by atomic mass is 16.1. The van der Waals surface area contributed by atoms with E-state index in [0.717, 1.165) is 24.5 Å². The van der Waals surface area contributed by atoms with Crippen molar-refractivity contribution in [2.24, 2.45) is 0 Å². The van der Waals surface area contributed by atoms with E-state index in [1.54, 1.807) is 30.6 Å². The Labute approximate surface area is 183 Å². The third-order valence-electron chi connectivity index (χ3n) is 5.63. The Morgan fingerprint density at radius 2 is 1.68 bits per heavy atom. The average Bonchev–Trinajstić information content (AvgIpc) is 2.80. The van der Waals surface area contributed by atoms with Crippen LogP contribution < -0.4 is 15.5 Å². The molecule has 1 saturated heterocycles. The number of nitrogens with one attached hydrogen (secondary N) is 2. The van der Waals surface area contributed by atoms with Crippen LogP contribution in [0.15, 0.2) is 67.0 Å². The number of piperidine rings is 1. The molecule has 0 atom stereocenters. The zero-order chi connectivity index (χ0) is 21.6. The van der Waals surface area contributed by atoms with Crippen molar-refractivity contribution in [3.05, 3.63) is 72.6 Å². The summed E-state index contributed by atoms with van der Waals surface area (Å²) >= 11 is 0. The molecule has 7 heteroatoms. The van der Waals surface area contributed by atoms with Gasteiger partial charge in [-0.05, 0) is 75.5 Å². The van der Waals surface area contributed by atoms with Crippen LogP contribution in [0.5, 0.6) is 0 Å². The second-order valence-electron chi connectivity index (χ2n) is 7.96. The van der Waals surface area contributed by atoms with Crippen molar-refractivity contribution in [1.82, 2.24) is 14.9 Å². The predicted octanol–water partition coefficient (Wildman–Crippen LogP) is 4.00. The summed E-state index contributed by atoms with van der Waals surface area (Å²) in [6, 6.07) is 17.8. The van der Waals surface area contributed by atoms with Gasteiger partial charge in [0.25, 0.3) is 5.91 Å². The Balaban J connectivity index is 1.36. The first-order valence-electron chi connectivity index (χ1n) is 10.6. The third kappa shape index (κ3) is 5.38. The normalized spacial score (nSPS) is 14.5. The number of hydrogen-bond donors (Lipinski definition) is 2. The number of carbonyl (C=O) groups is 1. The van der Waals surface area contributed by atoms with Crippen LogP contribution in [-0.2, 0) is 0 Å². The fraction of sp³-hybridized carbons (Fsp3) is 0.292. The molecule has 31 heavy (non-hydrogen) atoms. The SMILES string of the molecule is CN(C)C1CCN(c2ccc(NC(=O)c3cccc(Nc4ncccn4)c3)cc2)CC1. The maximum Gasteiger partial charge on any atom is 0.255 e. The van der Waals surface area contributed by atoms with Gasteiger partial charge in [0.05, 0.1) is 0 Å². The molecule has 0 saturated carbocycles. The van der Waals surface area contributed by atoms with Crippen molar-refractivity contribution in [3.8, 4) is 0 Å². The fourth-order valence-corrected chi connectivity index (χ4v) is 3.83. The molecule has 1 aliphatic rings. The van der Waals surface area contributed by atoms with Crippen molar-refractivity contribution in [2.45, 2.75) is 18.9 Å². The van der Waals surface area contributed by atoms with E-state index in [-0.39, 0.29) is 5.91 Å². The lowest BCUT2D eigenvalue weighted by Gasteiger charge is -2.36. The summed E-state index contributed by atoms with van der Waals surface area (Å²) in [7, 11) is 4.30. The van der Waals surface area contributed by atoms with Gasteiger partial charge in [-0.2, -0.15) is 0 Å². The lowest BCUT2D eigenvalue weighted by atomic mass is 10.0. The second kappa shape index (κ2) is 9.57. The van der Waals surface area contributed by atoms with Crippen LogP contribution in [0.4, 0.5) is 23.0 Å². The third-order valence-corrected chi connectivity index (χ3v) is 5.63. The molecule has 0 spiro atoms. The molecule has 160 valence electrons. The summed E-state index contributed by atoms with van der Waals surface area (Å²) in [4.78, 5) is 25.7. The molecule has 1 aliphatic heterocycles. The summed E-state index contributed by atoms with van der Waals surface area (Å²) in [5, 5.41) is 6.08. The number of aromatic nitrogens is 2. The van der Waals surface area contributed by atoms with Crippen molar-refractivity contribution < 1.29 is 4.79 Å². The second-order valence-corrected chi connectivity index (χ2v) is 7.96. The summed E-state index contributed by atoms with van der Waals surface area (Å²) in [6.07, 6.45) is 5.67. The average molecular weight is 417 g/mol. The molecule has 0 aliphatic carbocycles. The Morgan fingerprint density at radius 1 is 0.968 bits per heavy atom. The van der Waals surface area contributed by atoms with Gasteiger partial charge >= 0.3 is 0 Å². The minimum atomic E-state index is -0.155. The van der Waals surface area contributed by atoms with E-state index >= 15 is 0 Å². The minimum Gasteiger partial charge on any atom is -0.371 e. The predicted molar refractivity (Wildman–Crippen MR) is 125 cm³/mol. The number of rotatable bonds is 6. The monoisotopic (exact) mass is 416 g/mol. The van der Waals surface area contributed by atoms with Crippen LogP contribution in [-0.4, -0.2) is 54.0 Å². The van der Waals surface area contributed by atoms with Crippen LogP contribution >= 0.6 is 0 Å². The van der Waals surface area contributed by atoms with Crippen LogP contribution in [0.2, 0.25) is 0 Å². The maximum absolute atomic E-state index is 12.7. The van der Waals surface area contributed by atoms with Gasteiger partial charge < -0.3 is 20.4 Å². The van der Waals surface area contributed by atoms with Crippen LogP contribution in [0.25, 0.3) is 0 Å². The standard InChI is InChI=1S/C24H28N6O/c1-29(2)21-11-15-30(16-12-21)22-9-7-19(8-10-22)27-23(31)18-5-3-6-20(17-18)28-24-25-13-4-14-26-24/h3-10,13-14,17,21H,11-12,15-16H2,1-2H3,(H,27,31)(H,25,26,28). The largest absolute Gasteiger partial charge is 0.371 e. The molecular formula is C24H28N6O. The van der Waals surface area contributed by atoms with Gasteiger partial charge in [0, 0.05) is 54.2 Å². The van der Waals surface area contributed by atoms with Gasteiger partial charge in [0.2, 0.25) is 5.95 Å². The number of amides is 1. The molecular weight excluding hydrogens is 388 g/mol. The lowest BCUT2D eigenvalue weighted by Crippen LogP contribution is -2.41. The summed E-state index contributed by atoms with van der Waals surface area (Å²) < 4.78 is 0. The van der Waals surface area contributed by atoms with Crippen LogP contribution in [0.3, 0.4) is 0 Å². The van der Waals surface area contributed by atoms with Crippen LogP contribution in [0, 0.1) is 0 Å².